The third-order valence-corrected chi connectivity index (χ3v) is 4.05. The van der Waals surface area contributed by atoms with Crippen LogP contribution in [0.15, 0.2) is 67.0 Å². The predicted molar refractivity (Wildman–Crippen MR) is 92.1 cm³/mol. The maximum absolute atomic E-state index is 6.10. The molecule has 1 heterocycles. The van der Waals surface area contributed by atoms with Crippen LogP contribution < -0.4 is 0 Å². The van der Waals surface area contributed by atoms with Crippen molar-refractivity contribution in [3.05, 3.63) is 76.5 Å². The van der Waals surface area contributed by atoms with E-state index >= 15 is 0 Å². The largest absolute Gasteiger partial charge is 0.356 e. The molecule has 0 spiro atoms. The number of pyridine rings is 1. The van der Waals surface area contributed by atoms with Gasteiger partial charge in [0.25, 0.3) is 0 Å². The van der Waals surface area contributed by atoms with E-state index in [9.17, 15) is 0 Å². The molecule has 1 nitrogen and oxygen atoms in total. The molecule has 0 amide bonds. The zero-order valence-electron chi connectivity index (χ0n) is 11.6. The first-order chi connectivity index (χ1) is 10.1. The van der Waals surface area contributed by atoms with Gasteiger partial charge in [-0.05, 0) is 23.3 Å². The molecule has 104 valence electrons. The summed E-state index contributed by atoms with van der Waals surface area (Å²) in [5.41, 5.74) is 4.25. The quantitative estimate of drug-likeness (QED) is 0.546. The van der Waals surface area contributed by atoms with Crippen LogP contribution >= 0.6 is 23.8 Å². The Morgan fingerprint density at radius 2 is 1.48 bits per heavy atom. The van der Waals surface area contributed by atoms with Crippen molar-refractivity contribution in [3.63, 3.8) is 0 Å². The summed E-state index contributed by atoms with van der Waals surface area (Å²) in [4.78, 5) is 0. The molecular weight excluding hydrogens is 298 g/mol. The maximum atomic E-state index is 6.10. The molecule has 0 unspecified atom stereocenters. The van der Waals surface area contributed by atoms with Crippen LogP contribution in [0.2, 0.25) is 5.02 Å². The Morgan fingerprint density at radius 1 is 0.857 bits per heavy atom. The van der Waals surface area contributed by atoms with E-state index in [0.717, 1.165) is 31.8 Å². The molecule has 0 N–H and O–H groups in total. The summed E-state index contributed by atoms with van der Waals surface area (Å²) in [6.45, 7) is 0. The minimum atomic E-state index is 0.717. The van der Waals surface area contributed by atoms with Crippen molar-refractivity contribution in [2.45, 2.75) is 0 Å². The molecule has 3 rings (SSSR count). The van der Waals surface area contributed by atoms with Gasteiger partial charge in [-0.2, -0.15) is 0 Å². The third kappa shape index (κ3) is 2.92. The molecule has 2 aromatic carbocycles. The lowest BCUT2D eigenvalue weighted by molar-refractivity contribution is 0.907. The number of aryl methyl sites for hydroxylation is 1. The SMILES string of the molecule is Cn1cc(-c2ccccc2)c(=S)c(-c2cccc(Cl)c2)c1. The lowest BCUT2D eigenvalue weighted by atomic mass is 10.0. The van der Waals surface area contributed by atoms with Gasteiger partial charge in [0.2, 0.25) is 0 Å². The highest BCUT2D eigenvalue weighted by Crippen LogP contribution is 2.29. The molecule has 3 aromatic rings. The third-order valence-electron chi connectivity index (χ3n) is 3.38. The van der Waals surface area contributed by atoms with Crippen molar-refractivity contribution in [1.82, 2.24) is 4.57 Å². The first-order valence-corrected chi connectivity index (χ1v) is 7.45. The number of aromatic nitrogens is 1. The molecule has 3 heteroatoms. The van der Waals surface area contributed by atoms with Gasteiger partial charge in [0.1, 0.15) is 0 Å². The molecule has 0 saturated heterocycles. The van der Waals surface area contributed by atoms with Crippen molar-refractivity contribution >= 4 is 23.8 Å². The van der Waals surface area contributed by atoms with E-state index in [1.807, 2.05) is 60.3 Å². The fourth-order valence-electron chi connectivity index (χ4n) is 2.39. The molecule has 1 aromatic heterocycles. The highest BCUT2D eigenvalue weighted by atomic mass is 35.5. The van der Waals surface area contributed by atoms with E-state index in [-0.39, 0.29) is 0 Å². The predicted octanol–water partition coefficient (Wildman–Crippen LogP) is 5.74. The first-order valence-electron chi connectivity index (χ1n) is 6.67. The zero-order valence-corrected chi connectivity index (χ0v) is 13.2. The summed E-state index contributed by atoms with van der Waals surface area (Å²) < 4.78 is 2.88. The van der Waals surface area contributed by atoms with Gasteiger partial charge >= 0.3 is 0 Å². The van der Waals surface area contributed by atoms with Crippen LogP contribution in [0, 0.1) is 4.51 Å². The summed E-state index contributed by atoms with van der Waals surface area (Å²) in [6.07, 6.45) is 4.10. The van der Waals surface area contributed by atoms with Crippen LogP contribution in [0.1, 0.15) is 0 Å². The lowest BCUT2D eigenvalue weighted by Gasteiger charge is -2.11. The second kappa shape index (κ2) is 5.84. The monoisotopic (exact) mass is 311 g/mol. The average molecular weight is 312 g/mol. The topological polar surface area (TPSA) is 4.93 Å². The van der Waals surface area contributed by atoms with E-state index in [4.69, 9.17) is 23.8 Å². The van der Waals surface area contributed by atoms with Gasteiger partial charge in [0, 0.05) is 35.6 Å². The molecule has 0 aliphatic carbocycles. The number of nitrogens with zero attached hydrogens (tertiary/aromatic N) is 1. The van der Waals surface area contributed by atoms with E-state index in [0.29, 0.717) is 0 Å². The normalized spacial score (nSPS) is 10.6. The van der Waals surface area contributed by atoms with Gasteiger partial charge in [0.05, 0.1) is 4.51 Å². The molecule has 0 aliphatic rings. The Hall–Kier alpha value is -1.90. The van der Waals surface area contributed by atoms with Crippen molar-refractivity contribution in [2.75, 3.05) is 0 Å². The van der Waals surface area contributed by atoms with Gasteiger partial charge in [-0.3, -0.25) is 0 Å². The molecule has 21 heavy (non-hydrogen) atoms. The Balaban J connectivity index is 2.24. The molecule has 0 radical (unpaired) electrons. The van der Waals surface area contributed by atoms with Gasteiger partial charge < -0.3 is 4.57 Å². The molecule has 0 fully saturated rings. The number of rotatable bonds is 2. The molecule has 0 bridgehead atoms. The number of hydrogen-bond acceptors (Lipinski definition) is 1. The van der Waals surface area contributed by atoms with Crippen LogP contribution in [0.5, 0.6) is 0 Å². The summed E-state index contributed by atoms with van der Waals surface area (Å²) in [5.74, 6) is 0. The van der Waals surface area contributed by atoms with Gasteiger partial charge in [-0.15, -0.1) is 0 Å². The molecular formula is C18H14ClNS. The van der Waals surface area contributed by atoms with E-state index in [2.05, 4.69) is 18.3 Å². The summed E-state index contributed by atoms with van der Waals surface area (Å²) in [6, 6.07) is 18.0. The van der Waals surface area contributed by atoms with E-state index in [1.54, 1.807) is 0 Å². The van der Waals surface area contributed by atoms with Crippen LogP contribution in [0.25, 0.3) is 22.3 Å². The molecule has 0 aliphatic heterocycles. The van der Waals surface area contributed by atoms with Crippen molar-refractivity contribution in [1.29, 1.82) is 0 Å². The average Bonchev–Trinajstić information content (AvgIpc) is 2.50. The second-order valence-electron chi connectivity index (χ2n) is 4.96. The minimum Gasteiger partial charge on any atom is -0.356 e. The standard InChI is InChI=1S/C18H14ClNS/c1-20-11-16(13-6-3-2-4-7-13)18(21)17(12-20)14-8-5-9-15(19)10-14/h2-12H,1H3. The van der Waals surface area contributed by atoms with Crippen LogP contribution in [-0.4, -0.2) is 4.57 Å². The summed E-state index contributed by atoms with van der Waals surface area (Å²) in [5, 5.41) is 0.717. The summed E-state index contributed by atoms with van der Waals surface area (Å²) in [7, 11) is 2.01. The van der Waals surface area contributed by atoms with E-state index in [1.165, 1.54) is 0 Å². The first kappa shape index (κ1) is 14.1. The van der Waals surface area contributed by atoms with Crippen molar-refractivity contribution in [2.24, 2.45) is 7.05 Å². The van der Waals surface area contributed by atoms with Crippen molar-refractivity contribution in [3.8, 4) is 22.3 Å². The van der Waals surface area contributed by atoms with Gasteiger partial charge in [0.15, 0.2) is 0 Å². The number of hydrogen-bond donors (Lipinski definition) is 0. The van der Waals surface area contributed by atoms with Crippen LogP contribution in [-0.2, 0) is 7.05 Å². The Labute approximate surface area is 134 Å². The number of halogens is 1. The molecule has 0 saturated carbocycles. The second-order valence-corrected chi connectivity index (χ2v) is 5.80. The van der Waals surface area contributed by atoms with Crippen molar-refractivity contribution < 1.29 is 0 Å². The highest BCUT2D eigenvalue weighted by molar-refractivity contribution is 7.71. The fraction of sp³-hybridized carbons (Fsp3) is 0.0556. The summed E-state index contributed by atoms with van der Waals surface area (Å²) >= 11 is 11.8. The zero-order chi connectivity index (χ0) is 14.8. The van der Waals surface area contributed by atoms with Crippen LogP contribution in [0.3, 0.4) is 0 Å². The lowest BCUT2D eigenvalue weighted by Crippen LogP contribution is -1.95. The maximum Gasteiger partial charge on any atom is 0.0563 e. The van der Waals surface area contributed by atoms with Crippen LogP contribution in [0.4, 0.5) is 0 Å². The highest BCUT2D eigenvalue weighted by Gasteiger charge is 2.08. The Bertz CT molecular complexity index is 837. The minimum absolute atomic E-state index is 0.717. The smallest absolute Gasteiger partial charge is 0.0563 e. The molecule has 0 atom stereocenters. The fourth-order valence-corrected chi connectivity index (χ4v) is 2.92. The Kier molecular flexibility index (Phi) is 3.91. The van der Waals surface area contributed by atoms with E-state index < -0.39 is 0 Å². The Morgan fingerprint density at radius 3 is 2.14 bits per heavy atom. The van der Waals surface area contributed by atoms with Gasteiger partial charge in [-0.25, -0.2) is 0 Å². The number of benzene rings is 2. The van der Waals surface area contributed by atoms with Gasteiger partial charge in [-0.1, -0.05) is 66.3 Å².